The molecule has 0 saturated carbocycles. The van der Waals surface area contributed by atoms with Crippen molar-refractivity contribution in [3.63, 3.8) is 0 Å². The van der Waals surface area contributed by atoms with Crippen LogP contribution in [-0.4, -0.2) is 30.4 Å². The van der Waals surface area contributed by atoms with Crippen LogP contribution >= 0.6 is 0 Å². The second kappa shape index (κ2) is 4.24. The Morgan fingerprint density at radius 1 is 1.25 bits per heavy atom. The van der Waals surface area contributed by atoms with Gasteiger partial charge in [-0.2, -0.15) is 0 Å². The molecule has 90 valence electrons. The van der Waals surface area contributed by atoms with Gasteiger partial charge in [-0.05, 0) is 33.8 Å². The molecule has 4 nitrogen and oxygen atoms in total. The lowest BCUT2D eigenvalue weighted by Gasteiger charge is -2.32. The number of hydrogen-bond acceptors (Lipinski definition) is 4. The molecular formula is C11H21BN2O2. The second-order valence-corrected chi connectivity index (χ2v) is 5.03. The fourth-order valence-corrected chi connectivity index (χ4v) is 1.45. The van der Waals surface area contributed by atoms with Crippen molar-refractivity contribution in [2.24, 2.45) is 5.84 Å². The summed E-state index contributed by atoms with van der Waals surface area (Å²) in [5.74, 6) is 5.74. The monoisotopic (exact) mass is 224 g/mol. The molecule has 0 atom stereocenters. The molecule has 0 radical (unpaired) electrons. The lowest BCUT2D eigenvalue weighted by atomic mass is 9.83. The number of rotatable bonds is 3. The van der Waals surface area contributed by atoms with E-state index in [4.69, 9.17) is 15.2 Å². The molecule has 0 spiro atoms. The van der Waals surface area contributed by atoms with Crippen molar-refractivity contribution in [3.8, 4) is 0 Å². The summed E-state index contributed by atoms with van der Waals surface area (Å²) in [5, 5.41) is 1.49. The van der Waals surface area contributed by atoms with Gasteiger partial charge in [0.2, 0.25) is 0 Å². The van der Waals surface area contributed by atoms with Gasteiger partial charge in [0, 0.05) is 7.05 Å². The van der Waals surface area contributed by atoms with Gasteiger partial charge in [-0.3, -0.25) is 0 Å². The van der Waals surface area contributed by atoms with Crippen molar-refractivity contribution in [3.05, 3.63) is 24.3 Å². The van der Waals surface area contributed by atoms with Crippen LogP contribution in [0.5, 0.6) is 0 Å². The lowest BCUT2D eigenvalue weighted by Crippen LogP contribution is -2.41. The minimum Gasteiger partial charge on any atom is -0.398 e. The number of hydrogen-bond donors (Lipinski definition) is 1. The van der Waals surface area contributed by atoms with Crippen LogP contribution in [0.4, 0.5) is 0 Å². The van der Waals surface area contributed by atoms with E-state index >= 15 is 0 Å². The molecule has 5 heteroatoms. The van der Waals surface area contributed by atoms with E-state index in [1.165, 1.54) is 5.01 Å². The molecule has 1 rings (SSSR count). The van der Waals surface area contributed by atoms with Gasteiger partial charge in [-0.1, -0.05) is 12.7 Å². The summed E-state index contributed by atoms with van der Waals surface area (Å²) in [5.41, 5.74) is 0.0515. The van der Waals surface area contributed by atoms with Crippen molar-refractivity contribution in [2.75, 3.05) is 7.05 Å². The number of nitrogens with zero attached hydrogens (tertiary/aromatic N) is 1. The molecule has 1 aliphatic rings. The van der Waals surface area contributed by atoms with Gasteiger partial charge in [0.15, 0.2) is 0 Å². The standard InChI is InChI=1S/C11H21BN2O2/c1-7-8-9(14(6)13)12-15-10(2,3)11(4,5)16-12/h7-8H,1,13H2,2-6H3/b9-8-. The number of nitrogens with two attached hydrogens (primary N) is 1. The zero-order valence-corrected chi connectivity index (χ0v) is 10.8. The SMILES string of the molecule is C=C/C=C(/B1OC(C)(C)C(C)(C)O1)N(C)N. The Labute approximate surface area is 98.2 Å². The highest BCUT2D eigenvalue weighted by Crippen LogP contribution is 2.38. The van der Waals surface area contributed by atoms with Gasteiger partial charge in [0.05, 0.1) is 16.8 Å². The summed E-state index contributed by atoms with van der Waals surface area (Å²) in [6, 6.07) is 0. The van der Waals surface area contributed by atoms with Crippen LogP contribution in [0.15, 0.2) is 24.3 Å². The van der Waals surface area contributed by atoms with Gasteiger partial charge in [-0.25, -0.2) is 5.84 Å². The topological polar surface area (TPSA) is 47.7 Å². The molecule has 0 bridgehead atoms. The highest BCUT2D eigenvalue weighted by Gasteiger charge is 2.52. The Hall–Kier alpha value is -0.775. The molecule has 0 aliphatic carbocycles. The fourth-order valence-electron chi connectivity index (χ4n) is 1.45. The minimum atomic E-state index is -0.446. The van der Waals surface area contributed by atoms with Gasteiger partial charge < -0.3 is 14.3 Å². The minimum absolute atomic E-state index is 0.353. The highest BCUT2D eigenvalue weighted by atomic mass is 16.7. The molecule has 1 fully saturated rings. The molecule has 0 amide bonds. The smallest absolute Gasteiger partial charge is 0.398 e. The molecule has 0 aromatic carbocycles. The maximum atomic E-state index is 5.88. The molecule has 0 aromatic rings. The third-order valence-corrected chi connectivity index (χ3v) is 3.19. The summed E-state index contributed by atoms with van der Waals surface area (Å²) < 4.78 is 11.8. The Balaban J connectivity index is 2.94. The largest absolute Gasteiger partial charge is 0.513 e. The maximum Gasteiger partial charge on any atom is 0.513 e. The number of hydrazine groups is 1. The van der Waals surface area contributed by atoms with Crippen LogP contribution in [0.2, 0.25) is 0 Å². The Morgan fingerprint density at radius 2 is 1.69 bits per heavy atom. The van der Waals surface area contributed by atoms with Crippen LogP contribution < -0.4 is 5.84 Å². The fraction of sp³-hybridized carbons (Fsp3) is 0.636. The van der Waals surface area contributed by atoms with Crippen LogP contribution in [0.1, 0.15) is 27.7 Å². The highest BCUT2D eigenvalue weighted by molar-refractivity contribution is 6.54. The van der Waals surface area contributed by atoms with Crippen molar-refractivity contribution in [2.45, 2.75) is 38.9 Å². The summed E-state index contributed by atoms with van der Waals surface area (Å²) in [7, 11) is 1.30. The number of allylic oxidation sites excluding steroid dienone is 2. The van der Waals surface area contributed by atoms with E-state index in [9.17, 15) is 0 Å². The second-order valence-electron chi connectivity index (χ2n) is 5.03. The molecule has 2 N–H and O–H groups in total. The van der Waals surface area contributed by atoms with Crippen molar-refractivity contribution in [1.29, 1.82) is 0 Å². The lowest BCUT2D eigenvalue weighted by molar-refractivity contribution is 0.00578. The molecule has 16 heavy (non-hydrogen) atoms. The zero-order chi connectivity index (χ0) is 12.6. The van der Waals surface area contributed by atoms with E-state index in [1.54, 1.807) is 19.2 Å². The summed E-state index contributed by atoms with van der Waals surface area (Å²) in [4.78, 5) is 0. The van der Waals surface area contributed by atoms with Crippen LogP contribution in [0, 0.1) is 0 Å². The molecule has 0 aromatic heterocycles. The Kier molecular flexibility index (Phi) is 3.52. The van der Waals surface area contributed by atoms with E-state index in [-0.39, 0.29) is 11.2 Å². The summed E-state index contributed by atoms with van der Waals surface area (Å²) in [6.45, 7) is 11.7. The van der Waals surface area contributed by atoms with Gasteiger partial charge in [0.1, 0.15) is 0 Å². The molecule has 1 saturated heterocycles. The molecule has 1 aliphatic heterocycles. The molecular weight excluding hydrogens is 203 g/mol. The van der Waals surface area contributed by atoms with Crippen LogP contribution in [0.25, 0.3) is 0 Å². The van der Waals surface area contributed by atoms with Gasteiger partial charge in [0.25, 0.3) is 0 Å². The third-order valence-electron chi connectivity index (χ3n) is 3.19. The molecule has 0 unspecified atom stereocenters. The quantitative estimate of drug-likeness (QED) is 0.341. The predicted molar refractivity (Wildman–Crippen MR) is 66.3 cm³/mol. The maximum absolute atomic E-state index is 5.88. The first-order chi connectivity index (χ1) is 7.21. The Bertz CT molecular complexity index is 295. The summed E-state index contributed by atoms with van der Waals surface area (Å²) >= 11 is 0. The average Bonchev–Trinajstić information content (AvgIpc) is 2.31. The molecule has 1 heterocycles. The van der Waals surface area contributed by atoms with Gasteiger partial charge in [-0.15, -0.1) is 0 Å². The first-order valence-electron chi connectivity index (χ1n) is 5.38. The van der Waals surface area contributed by atoms with E-state index < -0.39 is 7.12 Å². The normalized spacial score (nSPS) is 23.4. The Morgan fingerprint density at radius 3 is 2.00 bits per heavy atom. The van der Waals surface area contributed by atoms with Crippen molar-refractivity contribution in [1.82, 2.24) is 5.01 Å². The van der Waals surface area contributed by atoms with Crippen LogP contribution in [0.3, 0.4) is 0 Å². The third kappa shape index (κ3) is 2.31. The van der Waals surface area contributed by atoms with E-state index in [1.807, 2.05) is 27.7 Å². The first-order valence-corrected chi connectivity index (χ1v) is 5.38. The average molecular weight is 224 g/mol. The van der Waals surface area contributed by atoms with Gasteiger partial charge >= 0.3 is 7.12 Å². The summed E-state index contributed by atoms with van der Waals surface area (Å²) in [6.07, 6.45) is 3.46. The van der Waals surface area contributed by atoms with Crippen LogP contribution in [-0.2, 0) is 9.31 Å². The van der Waals surface area contributed by atoms with E-state index in [0.29, 0.717) is 0 Å². The van der Waals surface area contributed by atoms with E-state index in [0.717, 1.165) is 5.60 Å². The van der Waals surface area contributed by atoms with Crippen molar-refractivity contribution >= 4 is 7.12 Å². The predicted octanol–water partition coefficient (Wildman–Crippen LogP) is 1.49. The zero-order valence-electron chi connectivity index (χ0n) is 10.8. The first kappa shape index (κ1) is 13.3. The van der Waals surface area contributed by atoms with E-state index in [2.05, 4.69) is 6.58 Å². The van der Waals surface area contributed by atoms with Crippen molar-refractivity contribution < 1.29 is 9.31 Å².